The lowest BCUT2D eigenvalue weighted by Gasteiger charge is -2.09. The Morgan fingerprint density at radius 1 is 1.18 bits per heavy atom. The molecule has 88 valence electrons. The number of aromatic nitrogens is 3. The van der Waals surface area contributed by atoms with Crippen LogP contribution in [-0.2, 0) is 0 Å². The molecule has 0 aliphatic rings. The Labute approximate surface area is 105 Å². The average molecular weight is 246 g/mol. The molecular formula is C12H14N4S. The zero-order chi connectivity index (χ0) is 12.1. The largest absolute Gasteiger partial charge is 0.313 e. The summed E-state index contributed by atoms with van der Waals surface area (Å²) >= 11 is 1.46. The summed E-state index contributed by atoms with van der Waals surface area (Å²) in [5, 5.41) is 4.80. The summed E-state index contributed by atoms with van der Waals surface area (Å²) in [5.74, 6) is 0. The summed E-state index contributed by atoms with van der Waals surface area (Å²) in [6.07, 6.45) is 5.34. The van der Waals surface area contributed by atoms with Crippen LogP contribution in [0.25, 0.3) is 0 Å². The summed E-state index contributed by atoms with van der Waals surface area (Å²) in [5.41, 5.74) is 1.17. The lowest BCUT2D eigenvalue weighted by molar-refractivity contribution is 0.648. The number of hydrogen-bond donors (Lipinski definition) is 1. The molecule has 0 bridgehead atoms. The molecule has 0 saturated heterocycles. The molecule has 1 unspecified atom stereocenters. The third-order valence-corrected chi connectivity index (χ3v) is 3.27. The molecular weight excluding hydrogens is 232 g/mol. The predicted octanol–water partition coefficient (Wildman–Crippen LogP) is 2.30. The minimum Gasteiger partial charge on any atom is -0.313 e. The van der Waals surface area contributed by atoms with Crippen molar-refractivity contribution in [1.82, 2.24) is 20.3 Å². The van der Waals surface area contributed by atoms with Gasteiger partial charge in [-0.15, -0.1) is 0 Å². The van der Waals surface area contributed by atoms with Crippen molar-refractivity contribution in [1.29, 1.82) is 0 Å². The fraction of sp³-hybridized carbons (Fsp3) is 0.250. The van der Waals surface area contributed by atoms with E-state index >= 15 is 0 Å². The first-order chi connectivity index (χ1) is 8.29. The van der Waals surface area contributed by atoms with Gasteiger partial charge >= 0.3 is 0 Å². The van der Waals surface area contributed by atoms with Gasteiger partial charge in [0.05, 0.1) is 0 Å². The van der Waals surface area contributed by atoms with Crippen molar-refractivity contribution in [2.24, 2.45) is 0 Å². The van der Waals surface area contributed by atoms with E-state index in [2.05, 4.69) is 33.3 Å². The Kier molecular flexibility index (Phi) is 4.06. The van der Waals surface area contributed by atoms with Crippen molar-refractivity contribution >= 4 is 11.8 Å². The maximum absolute atomic E-state index is 4.39. The quantitative estimate of drug-likeness (QED) is 0.839. The van der Waals surface area contributed by atoms with Crippen LogP contribution in [0, 0.1) is 0 Å². The molecule has 17 heavy (non-hydrogen) atoms. The van der Waals surface area contributed by atoms with Crippen LogP contribution in [0.2, 0.25) is 0 Å². The Balaban J connectivity index is 2.08. The van der Waals surface area contributed by atoms with Crippen LogP contribution in [-0.4, -0.2) is 22.0 Å². The zero-order valence-electron chi connectivity index (χ0n) is 9.79. The van der Waals surface area contributed by atoms with Crippen LogP contribution >= 0.6 is 11.8 Å². The first-order valence-corrected chi connectivity index (χ1v) is 6.19. The number of nitrogens with zero attached hydrogens (tertiary/aromatic N) is 3. The van der Waals surface area contributed by atoms with Crippen LogP contribution in [0.3, 0.4) is 0 Å². The Morgan fingerprint density at radius 2 is 1.94 bits per heavy atom. The Hall–Kier alpha value is -1.46. The average Bonchev–Trinajstić information content (AvgIpc) is 2.40. The van der Waals surface area contributed by atoms with Crippen LogP contribution < -0.4 is 5.32 Å². The highest BCUT2D eigenvalue weighted by Crippen LogP contribution is 2.22. The van der Waals surface area contributed by atoms with E-state index in [-0.39, 0.29) is 0 Å². The van der Waals surface area contributed by atoms with Crippen LogP contribution in [0.5, 0.6) is 0 Å². The third-order valence-electron chi connectivity index (χ3n) is 2.43. The van der Waals surface area contributed by atoms with Gasteiger partial charge in [0.2, 0.25) is 0 Å². The monoisotopic (exact) mass is 246 g/mol. The lowest BCUT2D eigenvalue weighted by atomic mass is 10.1. The maximum Gasteiger partial charge on any atom is 0.193 e. The van der Waals surface area contributed by atoms with E-state index < -0.39 is 0 Å². The summed E-state index contributed by atoms with van der Waals surface area (Å²) < 4.78 is 0. The van der Waals surface area contributed by atoms with Gasteiger partial charge in [0, 0.05) is 24.6 Å². The van der Waals surface area contributed by atoms with E-state index in [0.717, 1.165) is 10.2 Å². The van der Waals surface area contributed by atoms with E-state index in [1.807, 2.05) is 19.3 Å². The van der Waals surface area contributed by atoms with Crippen molar-refractivity contribution in [3.8, 4) is 0 Å². The molecule has 0 fully saturated rings. The molecule has 2 rings (SSSR count). The molecule has 0 aliphatic heterocycles. The van der Waals surface area contributed by atoms with Gasteiger partial charge in [0.15, 0.2) is 5.16 Å². The van der Waals surface area contributed by atoms with Crippen LogP contribution in [0.1, 0.15) is 18.5 Å². The highest BCUT2D eigenvalue weighted by Gasteiger charge is 2.04. The predicted molar refractivity (Wildman–Crippen MR) is 67.9 cm³/mol. The SMILES string of the molecule is CNC(C)c1ccc(Sc2ncccn2)nc1. The summed E-state index contributed by atoms with van der Waals surface area (Å²) in [6, 6.07) is 6.17. The minimum atomic E-state index is 0.314. The molecule has 0 radical (unpaired) electrons. The molecule has 0 saturated carbocycles. The number of pyridine rings is 1. The normalized spacial score (nSPS) is 12.4. The topological polar surface area (TPSA) is 50.7 Å². The molecule has 4 nitrogen and oxygen atoms in total. The van der Waals surface area contributed by atoms with E-state index in [1.54, 1.807) is 18.5 Å². The molecule has 0 aliphatic carbocycles. The van der Waals surface area contributed by atoms with Gasteiger partial charge in [0.25, 0.3) is 0 Å². The first-order valence-electron chi connectivity index (χ1n) is 5.37. The Bertz CT molecular complexity index is 458. The second-order valence-corrected chi connectivity index (χ2v) is 4.56. The lowest BCUT2D eigenvalue weighted by Crippen LogP contribution is -2.12. The van der Waals surface area contributed by atoms with Gasteiger partial charge in [-0.05, 0) is 43.4 Å². The highest BCUT2D eigenvalue weighted by molar-refractivity contribution is 7.99. The van der Waals surface area contributed by atoms with Crippen LogP contribution in [0.4, 0.5) is 0 Å². The highest BCUT2D eigenvalue weighted by atomic mass is 32.2. The van der Waals surface area contributed by atoms with Crippen molar-refractivity contribution in [3.05, 3.63) is 42.4 Å². The fourth-order valence-corrected chi connectivity index (χ4v) is 1.96. The van der Waals surface area contributed by atoms with Gasteiger partial charge in [-0.1, -0.05) is 6.07 Å². The van der Waals surface area contributed by atoms with Gasteiger partial charge in [-0.2, -0.15) is 0 Å². The molecule has 1 N–H and O–H groups in total. The standard InChI is InChI=1S/C12H14N4S/c1-9(13-2)10-4-5-11(16-8-10)17-12-14-6-3-7-15-12/h3-9,13H,1-2H3. The number of nitrogens with one attached hydrogen (secondary N) is 1. The second-order valence-electron chi connectivity index (χ2n) is 3.57. The minimum absolute atomic E-state index is 0.314. The second kappa shape index (κ2) is 5.75. The molecule has 5 heteroatoms. The summed E-state index contributed by atoms with van der Waals surface area (Å²) in [6.45, 7) is 2.10. The Morgan fingerprint density at radius 3 is 2.53 bits per heavy atom. The molecule has 0 spiro atoms. The van der Waals surface area contributed by atoms with Gasteiger partial charge in [-0.25, -0.2) is 15.0 Å². The van der Waals surface area contributed by atoms with E-state index in [1.165, 1.54) is 17.3 Å². The smallest absolute Gasteiger partial charge is 0.193 e. The summed E-state index contributed by atoms with van der Waals surface area (Å²) in [7, 11) is 1.94. The summed E-state index contributed by atoms with van der Waals surface area (Å²) in [4.78, 5) is 12.7. The van der Waals surface area contributed by atoms with Crippen molar-refractivity contribution < 1.29 is 0 Å². The van der Waals surface area contributed by atoms with E-state index in [4.69, 9.17) is 0 Å². The van der Waals surface area contributed by atoms with E-state index in [0.29, 0.717) is 6.04 Å². The molecule has 2 aromatic rings. The van der Waals surface area contributed by atoms with Crippen molar-refractivity contribution in [2.45, 2.75) is 23.1 Å². The molecule has 0 aromatic carbocycles. The maximum atomic E-state index is 4.39. The van der Waals surface area contributed by atoms with Crippen molar-refractivity contribution in [3.63, 3.8) is 0 Å². The van der Waals surface area contributed by atoms with Crippen LogP contribution in [0.15, 0.2) is 47.0 Å². The first kappa shape index (κ1) is 12.0. The van der Waals surface area contributed by atoms with E-state index in [9.17, 15) is 0 Å². The number of hydrogen-bond acceptors (Lipinski definition) is 5. The molecule has 2 heterocycles. The fourth-order valence-electron chi connectivity index (χ4n) is 1.31. The van der Waals surface area contributed by atoms with Gasteiger partial charge in [0.1, 0.15) is 5.03 Å². The molecule has 0 amide bonds. The van der Waals surface area contributed by atoms with Crippen molar-refractivity contribution in [2.75, 3.05) is 7.05 Å². The van der Waals surface area contributed by atoms with Gasteiger partial charge in [-0.3, -0.25) is 0 Å². The van der Waals surface area contributed by atoms with Gasteiger partial charge < -0.3 is 5.32 Å². The third kappa shape index (κ3) is 3.25. The molecule has 1 atom stereocenters. The zero-order valence-corrected chi connectivity index (χ0v) is 10.6. The number of rotatable bonds is 4. The molecule has 2 aromatic heterocycles.